The number of unbranched alkanes of at least 4 members (excludes halogenated alkanes) is 3. The minimum Gasteiger partial charge on any atom is -0.464 e. The fraction of sp³-hybridized carbons (Fsp3) is 0.806. The molecule has 0 heterocycles. The van der Waals surface area contributed by atoms with Crippen LogP contribution in [0.3, 0.4) is 0 Å². The van der Waals surface area contributed by atoms with Gasteiger partial charge in [0.25, 0.3) is 6.47 Å². The first-order chi connectivity index (χ1) is 18.6. The molecule has 0 radical (unpaired) electrons. The van der Waals surface area contributed by atoms with Gasteiger partial charge in [0, 0.05) is 31.3 Å². The molecular weight excluding hydrogens is 500 g/mol. The molecule has 7 atom stereocenters. The van der Waals surface area contributed by atoms with Crippen molar-refractivity contribution in [1.29, 1.82) is 0 Å². The zero-order valence-electron chi connectivity index (χ0n) is 24.1. The summed E-state index contributed by atoms with van der Waals surface area (Å²) < 4.78 is 23.3. The molecule has 8 nitrogen and oxygen atoms in total. The number of carbonyl (C=O) groups excluding carboxylic acids is 4. The Morgan fingerprint density at radius 1 is 1.10 bits per heavy atom. The van der Waals surface area contributed by atoms with Gasteiger partial charge in [0.05, 0.1) is 0 Å². The maximum Gasteiger partial charge on any atom is 0.303 e. The standard InChI is InChI=1S/C31H46O8/c1-5-6-7-8-15-36-20-39-31(27(35)18-37-21(2)33)14-12-25-24-10-9-22-16-23(34)11-13-29(22,3)28(24)26(38-19-32)17-30(25,31)4/h16,19,24-26,28H,5-15,17-18,20H2,1-4H3/t24-,25-,26-,28+,29-,30-,31-/m0/s1. The Bertz CT molecular complexity index is 974. The first-order valence-electron chi connectivity index (χ1n) is 14.8. The highest BCUT2D eigenvalue weighted by atomic mass is 16.7. The molecule has 8 heteroatoms. The first kappa shape index (κ1) is 29.9. The lowest BCUT2D eigenvalue weighted by atomic mass is 9.45. The van der Waals surface area contributed by atoms with Gasteiger partial charge in [0.15, 0.2) is 12.4 Å². The Balaban J connectivity index is 1.63. The van der Waals surface area contributed by atoms with Crippen LogP contribution in [0, 0.1) is 28.6 Å². The van der Waals surface area contributed by atoms with Crippen LogP contribution in [0.4, 0.5) is 0 Å². The van der Waals surface area contributed by atoms with Crippen LogP contribution < -0.4 is 0 Å². The molecule has 0 spiro atoms. The fourth-order valence-corrected chi connectivity index (χ4v) is 8.73. The van der Waals surface area contributed by atoms with E-state index in [2.05, 4.69) is 20.8 Å². The summed E-state index contributed by atoms with van der Waals surface area (Å²) in [6, 6.07) is 0. The highest BCUT2D eigenvalue weighted by molar-refractivity contribution is 5.92. The third-order valence-electron chi connectivity index (χ3n) is 10.6. The number of esters is 1. The minimum absolute atomic E-state index is 0.0136. The van der Waals surface area contributed by atoms with E-state index in [1.165, 1.54) is 12.5 Å². The fourth-order valence-electron chi connectivity index (χ4n) is 8.73. The predicted octanol–water partition coefficient (Wildman–Crippen LogP) is 5.11. The van der Waals surface area contributed by atoms with Crippen LogP contribution >= 0.6 is 0 Å². The molecule has 3 fully saturated rings. The maximum atomic E-state index is 13.9. The van der Waals surface area contributed by atoms with E-state index in [4.69, 9.17) is 18.9 Å². The lowest BCUT2D eigenvalue weighted by molar-refractivity contribution is -0.222. The van der Waals surface area contributed by atoms with Crippen LogP contribution in [-0.4, -0.2) is 55.7 Å². The molecule has 4 aliphatic carbocycles. The highest BCUT2D eigenvalue weighted by Crippen LogP contribution is 2.68. The Labute approximate surface area is 232 Å². The lowest BCUT2D eigenvalue weighted by Gasteiger charge is -2.61. The Kier molecular flexibility index (Phi) is 9.37. The molecule has 218 valence electrons. The summed E-state index contributed by atoms with van der Waals surface area (Å²) in [5.74, 6) is -0.146. The molecule has 0 amide bonds. The molecule has 0 bridgehead atoms. The number of Topliss-reactive ketones (excluding diaryl/α,β-unsaturated/α-hetero) is 1. The lowest BCUT2D eigenvalue weighted by Crippen LogP contribution is -2.63. The normalized spacial score (nSPS) is 37.2. The van der Waals surface area contributed by atoms with Gasteiger partial charge in [-0.1, -0.05) is 45.6 Å². The summed E-state index contributed by atoms with van der Waals surface area (Å²) in [5.41, 5.74) is -0.884. The summed E-state index contributed by atoms with van der Waals surface area (Å²) in [6.45, 7) is 8.49. The monoisotopic (exact) mass is 546 g/mol. The van der Waals surface area contributed by atoms with Crippen molar-refractivity contribution >= 4 is 24.0 Å². The van der Waals surface area contributed by atoms with E-state index >= 15 is 0 Å². The number of ether oxygens (including phenoxy) is 4. The van der Waals surface area contributed by atoms with Gasteiger partial charge in [-0.15, -0.1) is 0 Å². The summed E-state index contributed by atoms with van der Waals surface area (Å²) in [4.78, 5) is 49.5. The molecular formula is C31H46O8. The zero-order chi connectivity index (χ0) is 28.3. The number of ketones is 2. The van der Waals surface area contributed by atoms with E-state index in [1.807, 2.05) is 6.08 Å². The number of rotatable bonds is 13. The Morgan fingerprint density at radius 3 is 2.62 bits per heavy atom. The van der Waals surface area contributed by atoms with E-state index < -0.39 is 23.1 Å². The molecule has 4 aliphatic rings. The van der Waals surface area contributed by atoms with Crippen LogP contribution in [0.15, 0.2) is 11.6 Å². The minimum atomic E-state index is -1.20. The summed E-state index contributed by atoms with van der Waals surface area (Å²) in [6.07, 6.45) is 10.5. The molecule has 0 unspecified atom stereocenters. The van der Waals surface area contributed by atoms with Gasteiger partial charge in [0.1, 0.15) is 18.5 Å². The second-order valence-electron chi connectivity index (χ2n) is 12.6. The molecule has 39 heavy (non-hydrogen) atoms. The second kappa shape index (κ2) is 12.2. The third kappa shape index (κ3) is 5.48. The Morgan fingerprint density at radius 2 is 1.90 bits per heavy atom. The van der Waals surface area contributed by atoms with Crippen molar-refractivity contribution in [2.75, 3.05) is 20.0 Å². The topological polar surface area (TPSA) is 105 Å². The van der Waals surface area contributed by atoms with Gasteiger partial charge in [-0.25, -0.2) is 0 Å². The number of carbonyl (C=O) groups is 4. The van der Waals surface area contributed by atoms with Crippen molar-refractivity contribution in [3.05, 3.63) is 11.6 Å². The average molecular weight is 547 g/mol. The van der Waals surface area contributed by atoms with E-state index in [9.17, 15) is 19.2 Å². The molecule has 0 aromatic carbocycles. The summed E-state index contributed by atoms with van der Waals surface area (Å²) >= 11 is 0. The summed E-state index contributed by atoms with van der Waals surface area (Å²) in [5, 5.41) is 0. The van der Waals surface area contributed by atoms with E-state index in [1.54, 1.807) is 0 Å². The van der Waals surface area contributed by atoms with Crippen molar-refractivity contribution < 1.29 is 38.1 Å². The van der Waals surface area contributed by atoms with E-state index in [0.717, 1.165) is 51.4 Å². The molecule has 4 rings (SSSR count). The molecule has 0 aromatic heterocycles. The number of allylic oxidation sites excluding steroid dienone is 1. The van der Waals surface area contributed by atoms with Crippen LogP contribution in [0.25, 0.3) is 0 Å². The number of hydrogen-bond donors (Lipinski definition) is 0. The van der Waals surface area contributed by atoms with Crippen LogP contribution in [0.5, 0.6) is 0 Å². The van der Waals surface area contributed by atoms with Crippen molar-refractivity contribution in [3.8, 4) is 0 Å². The summed E-state index contributed by atoms with van der Waals surface area (Å²) in [7, 11) is 0. The van der Waals surface area contributed by atoms with Crippen molar-refractivity contribution in [1.82, 2.24) is 0 Å². The highest BCUT2D eigenvalue weighted by Gasteiger charge is 2.70. The first-order valence-corrected chi connectivity index (χ1v) is 14.8. The smallest absolute Gasteiger partial charge is 0.303 e. The maximum absolute atomic E-state index is 13.9. The van der Waals surface area contributed by atoms with Crippen LogP contribution in [0.1, 0.15) is 98.3 Å². The molecule has 0 aliphatic heterocycles. The largest absolute Gasteiger partial charge is 0.464 e. The molecule has 0 saturated heterocycles. The molecule has 0 aromatic rings. The van der Waals surface area contributed by atoms with Gasteiger partial charge >= 0.3 is 5.97 Å². The van der Waals surface area contributed by atoms with Crippen molar-refractivity contribution in [3.63, 3.8) is 0 Å². The number of fused-ring (bicyclic) bond motifs is 5. The quantitative estimate of drug-likeness (QED) is 0.136. The van der Waals surface area contributed by atoms with E-state index in [-0.39, 0.29) is 48.1 Å². The second-order valence-corrected chi connectivity index (χ2v) is 12.6. The van der Waals surface area contributed by atoms with Crippen LogP contribution in [-0.2, 0) is 38.1 Å². The average Bonchev–Trinajstić information content (AvgIpc) is 3.19. The van der Waals surface area contributed by atoms with Gasteiger partial charge in [-0.2, -0.15) is 0 Å². The van der Waals surface area contributed by atoms with Gasteiger partial charge in [0.2, 0.25) is 5.78 Å². The van der Waals surface area contributed by atoms with Gasteiger partial charge < -0.3 is 18.9 Å². The molecule has 3 saturated carbocycles. The van der Waals surface area contributed by atoms with Gasteiger partial charge in [-0.05, 0) is 68.3 Å². The van der Waals surface area contributed by atoms with E-state index in [0.29, 0.717) is 32.3 Å². The van der Waals surface area contributed by atoms with Crippen molar-refractivity contribution in [2.24, 2.45) is 28.6 Å². The van der Waals surface area contributed by atoms with Gasteiger partial charge in [-0.3, -0.25) is 19.2 Å². The number of hydrogen-bond acceptors (Lipinski definition) is 8. The Hall–Kier alpha value is -2.06. The SMILES string of the molecule is CCCCCCOCO[C@]1(C(=O)COC(C)=O)CC[C@H]2[C@@H]3CCC4=CC(=O)CC[C@]4(C)[C@H]3[C@@H](OC=O)C[C@@]21C. The van der Waals surface area contributed by atoms with Crippen LogP contribution in [0.2, 0.25) is 0 Å². The molecule has 0 N–H and O–H groups in total. The zero-order valence-corrected chi connectivity index (χ0v) is 24.1. The third-order valence-corrected chi connectivity index (χ3v) is 10.6. The predicted molar refractivity (Wildman–Crippen MR) is 143 cm³/mol. The van der Waals surface area contributed by atoms with Crippen molar-refractivity contribution in [2.45, 2.75) is 110 Å².